The normalized spacial score (nSPS) is 24.1. The average molecular weight is 290 g/mol. The highest BCUT2D eigenvalue weighted by molar-refractivity contribution is 5.90. The van der Waals surface area contributed by atoms with Gasteiger partial charge >= 0.3 is 5.97 Å². The van der Waals surface area contributed by atoms with Crippen LogP contribution in [0.2, 0.25) is 0 Å². The van der Waals surface area contributed by atoms with E-state index in [2.05, 4.69) is 4.90 Å². The minimum absolute atomic E-state index is 0.0145. The van der Waals surface area contributed by atoms with E-state index >= 15 is 0 Å². The number of nitro groups is 1. The summed E-state index contributed by atoms with van der Waals surface area (Å²) in [6.07, 6.45) is 3.68. The highest BCUT2D eigenvalue weighted by Crippen LogP contribution is 2.41. The van der Waals surface area contributed by atoms with Gasteiger partial charge in [0, 0.05) is 24.8 Å². The Hall–Kier alpha value is -2.11. The van der Waals surface area contributed by atoms with Gasteiger partial charge in [0.2, 0.25) is 0 Å². The number of fused-ring (bicyclic) bond motifs is 1. The first-order valence-corrected chi connectivity index (χ1v) is 7.24. The van der Waals surface area contributed by atoms with Crippen LogP contribution >= 0.6 is 0 Å². The molecule has 0 amide bonds. The van der Waals surface area contributed by atoms with Crippen LogP contribution < -0.4 is 4.90 Å². The monoisotopic (exact) mass is 290 g/mol. The molecule has 3 rings (SSSR count). The maximum atomic E-state index is 11.2. The zero-order valence-electron chi connectivity index (χ0n) is 11.9. The van der Waals surface area contributed by atoms with Crippen molar-refractivity contribution in [2.24, 2.45) is 11.8 Å². The van der Waals surface area contributed by atoms with E-state index in [0.717, 1.165) is 19.2 Å². The zero-order chi connectivity index (χ0) is 15.1. The van der Waals surface area contributed by atoms with Crippen molar-refractivity contribution in [1.82, 2.24) is 0 Å². The third-order valence-electron chi connectivity index (χ3n) is 4.86. The van der Waals surface area contributed by atoms with E-state index in [4.69, 9.17) is 5.11 Å². The molecule has 6 heteroatoms. The van der Waals surface area contributed by atoms with Crippen molar-refractivity contribution in [2.45, 2.75) is 26.2 Å². The Kier molecular flexibility index (Phi) is 3.31. The Balaban J connectivity index is 2.01. The molecule has 1 heterocycles. The van der Waals surface area contributed by atoms with Crippen LogP contribution in [0.4, 0.5) is 11.4 Å². The van der Waals surface area contributed by atoms with Crippen molar-refractivity contribution in [3.63, 3.8) is 0 Å². The Labute approximate surface area is 122 Å². The quantitative estimate of drug-likeness (QED) is 0.683. The molecule has 2 atom stereocenters. The molecule has 1 aromatic rings. The van der Waals surface area contributed by atoms with Gasteiger partial charge in [-0.15, -0.1) is 0 Å². The van der Waals surface area contributed by atoms with Gasteiger partial charge in [-0.3, -0.25) is 10.1 Å². The van der Waals surface area contributed by atoms with Crippen molar-refractivity contribution in [3.8, 4) is 0 Å². The molecule has 1 aliphatic carbocycles. The minimum Gasteiger partial charge on any atom is -0.478 e. The number of rotatable bonds is 3. The topological polar surface area (TPSA) is 83.7 Å². The van der Waals surface area contributed by atoms with Gasteiger partial charge in [-0.1, -0.05) is 6.42 Å². The first-order valence-electron chi connectivity index (χ1n) is 7.24. The van der Waals surface area contributed by atoms with Gasteiger partial charge in [0.15, 0.2) is 0 Å². The lowest BCUT2D eigenvalue weighted by Gasteiger charge is -2.22. The van der Waals surface area contributed by atoms with Crippen LogP contribution in [0.15, 0.2) is 12.1 Å². The van der Waals surface area contributed by atoms with E-state index in [-0.39, 0.29) is 11.3 Å². The minimum atomic E-state index is -1.13. The lowest BCUT2D eigenvalue weighted by atomic mass is 10.0. The second-order valence-corrected chi connectivity index (χ2v) is 6.06. The van der Waals surface area contributed by atoms with Crippen molar-refractivity contribution < 1.29 is 14.8 Å². The molecular formula is C15H18N2O4. The predicted molar refractivity (Wildman–Crippen MR) is 77.8 cm³/mol. The van der Waals surface area contributed by atoms with Crippen molar-refractivity contribution in [3.05, 3.63) is 33.4 Å². The summed E-state index contributed by atoms with van der Waals surface area (Å²) in [5.41, 5.74) is 1.14. The highest BCUT2D eigenvalue weighted by Gasteiger charge is 2.37. The highest BCUT2D eigenvalue weighted by atomic mass is 16.6. The molecule has 21 heavy (non-hydrogen) atoms. The molecule has 2 fully saturated rings. The Morgan fingerprint density at radius 1 is 1.33 bits per heavy atom. The number of nitro benzene ring substituents is 1. The van der Waals surface area contributed by atoms with Gasteiger partial charge in [0.1, 0.15) is 0 Å². The van der Waals surface area contributed by atoms with Gasteiger partial charge in [-0.05, 0) is 37.7 Å². The summed E-state index contributed by atoms with van der Waals surface area (Å²) in [5, 5.41) is 20.3. The van der Waals surface area contributed by atoms with E-state index in [1.54, 1.807) is 13.0 Å². The lowest BCUT2D eigenvalue weighted by Crippen LogP contribution is -2.22. The zero-order valence-corrected chi connectivity index (χ0v) is 11.9. The summed E-state index contributed by atoms with van der Waals surface area (Å²) in [6.45, 7) is 3.46. The molecule has 0 spiro atoms. The van der Waals surface area contributed by atoms with E-state index in [1.165, 1.54) is 19.3 Å². The lowest BCUT2D eigenvalue weighted by molar-refractivity contribution is -0.385. The molecule has 6 nitrogen and oxygen atoms in total. The molecule has 0 radical (unpaired) electrons. The molecule has 2 aliphatic rings. The molecule has 0 aromatic heterocycles. The van der Waals surface area contributed by atoms with Crippen LogP contribution in [-0.4, -0.2) is 29.1 Å². The summed E-state index contributed by atoms with van der Waals surface area (Å²) < 4.78 is 0. The van der Waals surface area contributed by atoms with Crippen LogP contribution in [0.5, 0.6) is 0 Å². The third-order valence-corrected chi connectivity index (χ3v) is 4.86. The van der Waals surface area contributed by atoms with Crippen LogP contribution in [0.3, 0.4) is 0 Å². The van der Waals surface area contributed by atoms with Crippen molar-refractivity contribution in [2.75, 3.05) is 18.0 Å². The van der Waals surface area contributed by atoms with Gasteiger partial charge in [-0.2, -0.15) is 0 Å². The van der Waals surface area contributed by atoms with E-state index in [1.807, 2.05) is 0 Å². The largest absolute Gasteiger partial charge is 0.478 e. The van der Waals surface area contributed by atoms with Crippen LogP contribution in [0.1, 0.15) is 35.2 Å². The number of carboxylic acid groups (broad SMARTS) is 1. The summed E-state index contributed by atoms with van der Waals surface area (Å²) in [7, 11) is 0. The summed E-state index contributed by atoms with van der Waals surface area (Å²) in [4.78, 5) is 24.0. The first-order chi connectivity index (χ1) is 9.97. The van der Waals surface area contributed by atoms with Crippen molar-refractivity contribution >= 4 is 17.3 Å². The SMILES string of the molecule is Cc1c(N2CC3CCCC3C2)cc(C(=O)O)cc1[N+](=O)[O-]. The Morgan fingerprint density at radius 2 is 1.95 bits per heavy atom. The van der Waals surface area contributed by atoms with Gasteiger partial charge in [-0.25, -0.2) is 4.79 Å². The fourth-order valence-corrected chi connectivity index (χ4v) is 3.76. The molecule has 1 saturated carbocycles. The standard InChI is InChI=1S/C15H18N2O4/c1-9-13(16-7-10-3-2-4-11(10)8-16)5-12(15(18)19)6-14(9)17(20)21/h5-6,10-11H,2-4,7-8H2,1H3,(H,18,19). The first kappa shape index (κ1) is 13.9. The smallest absolute Gasteiger partial charge is 0.336 e. The number of hydrogen-bond donors (Lipinski definition) is 1. The third kappa shape index (κ3) is 2.34. The number of carboxylic acids is 1. The predicted octanol–water partition coefficient (Wildman–Crippen LogP) is 2.84. The molecule has 2 unspecified atom stereocenters. The van der Waals surface area contributed by atoms with E-state index in [0.29, 0.717) is 23.1 Å². The second kappa shape index (κ2) is 5.02. The number of carbonyl (C=O) groups is 1. The molecule has 112 valence electrons. The number of anilines is 1. The van der Waals surface area contributed by atoms with E-state index in [9.17, 15) is 14.9 Å². The van der Waals surface area contributed by atoms with Crippen molar-refractivity contribution in [1.29, 1.82) is 0 Å². The number of hydrogen-bond acceptors (Lipinski definition) is 4. The fourth-order valence-electron chi connectivity index (χ4n) is 3.76. The fraction of sp³-hybridized carbons (Fsp3) is 0.533. The number of benzene rings is 1. The molecule has 1 aliphatic heterocycles. The Bertz CT molecular complexity index is 602. The van der Waals surface area contributed by atoms with E-state index < -0.39 is 10.9 Å². The maximum Gasteiger partial charge on any atom is 0.336 e. The maximum absolute atomic E-state index is 11.2. The average Bonchev–Trinajstić information content (AvgIpc) is 2.98. The molecule has 1 aromatic carbocycles. The summed E-state index contributed by atoms with van der Waals surface area (Å²) in [6, 6.07) is 2.73. The van der Waals surface area contributed by atoms with Crippen LogP contribution in [0.25, 0.3) is 0 Å². The number of aromatic carboxylic acids is 1. The number of nitrogens with zero attached hydrogens (tertiary/aromatic N) is 2. The summed E-state index contributed by atoms with van der Waals surface area (Å²) >= 11 is 0. The molecule has 1 saturated heterocycles. The molecular weight excluding hydrogens is 272 g/mol. The van der Waals surface area contributed by atoms with Gasteiger partial charge in [0.25, 0.3) is 5.69 Å². The molecule has 0 bridgehead atoms. The van der Waals surface area contributed by atoms with Crippen LogP contribution in [0, 0.1) is 28.9 Å². The van der Waals surface area contributed by atoms with Crippen LogP contribution in [-0.2, 0) is 0 Å². The van der Waals surface area contributed by atoms with Gasteiger partial charge in [0.05, 0.1) is 16.1 Å². The second-order valence-electron chi connectivity index (χ2n) is 6.06. The Morgan fingerprint density at radius 3 is 2.48 bits per heavy atom. The van der Waals surface area contributed by atoms with Gasteiger partial charge < -0.3 is 10.0 Å². The summed E-state index contributed by atoms with van der Waals surface area (Å²) in [5.74, 6) is 0.174. The molecule has 1 N–H and O–H groups in total.